The van der Waals surface area contributed by atoms with Crippen molar-refractivity contribution < 1.29 is 4.74 Å². The Morgan fingerprint density at radius 3 is 2.93 bits per heavy atom. The number of likely N-dealkylation sites (N-methyl/N-ethyl adjacent to an activating group) is 2. The molecule has 4 heteroatoms. The predicted octanol–water partition coefficient (Wildman–Crippen LogP) is 0.878. The third-order valence-corrected chi connectivity index (χ3v) is 2.82. The van der Waals surface area contributed by atoms with Crippen LogP contribution < -0.4 is 0 Å². The minimum absolute atomic E-state index is 0.358. The van der Waals surface area contributed by atoms with Crippen molar-refractivity contribution in [1.82, 2.24) is 9.80 Å². The fourth-order valence-corrected chi connectivity index (χ4v) is 2.00. The summed E-state index contributed by atoms with van der Waals surface area (Å²) >= 11 is 5.73. The molecule has 0 amide bonds. The van der Waals surface area contributed by atoms with Gasteiger partial charge in [0.25, 0.3) is 0 Å². The lowest BCUT2D eigenvalue weighted by molar-refractivity contribution is -0.0342. The molecule has 0 aliphatic carbocycles. The van der Waals surface area contributed by atoms with Crippen LogP contribution in [-0.2, 0) is 4.74 Å². The molecule has 0 radical (unpaired) electrons. The van der Waals surface area contributed by atoms with E-state index in [1.807, 2.05) is 0 Å². The van der Waals surface area contributed by atoms with Gasteiger partial charge in [-0.15, -0.1) is 11.6 Å². The number of morpholine rings is 1. The molecule has 84 valence electrons. The Morgan fingerprint density at radius 1 is 1.57 bits per heavy atom. The van der Waals surface area contributed by atoms with E-state index in [4.69, 9.17) is 16.3 Å². The highest BCUT2D eigenvalue weighted by molar-refractivity contribution is 6.18. The molecule has 1 aliphatic rings. The standard InChI is InChI=1S/C10H21ClN2O/c1-3-13(5-4-11)9-10-8-12(2)6-7-14-10/h10H,3-9H2,1-2H3. The van der Waals surface area contributed by atoms with Crippen molar-refractivity contribution in [3.8, 4) is 0 Å². The van der Waals surface area contributed by atoms with Gasteiger partial charge in [0.1, 0.15) is 0 Å². The van der Waals surface area contributed by atoms with Crippen molar-refractivity contribution >= 4 is 11.6 Å². The number of hydrogen-bond acceptors (Lipinski definition) is 3. The smallest absolute Gasteiger partial charge is 0.0829 e. The molecule has 0 spiro atoms. The zero-order valence-electron chi connectivity index (χ0n) is 9.21. The van der Waals surface area contributed by atoms with E-state index in [2.05, 4.69) is 23.8 Å². The van der Waals surface area contributed by atoms with Crippen LogP contribution in [0.4, 0.5) is 0 Å². The Bertz CT molecular complexity index is 157. The second-order valence-corrected chi connectivity index (χ2v) is 4.22. The topological polar surface area (TPSA) is 15.7 Å². The Hall–Kier alpha value is 0.170. The maximum atomic E-state index is 5.73. The minimum Gasteiger partial charge on any atom is -0.374 e. The van der Waals surface area contributed by atoms with E-state index in [-0.39, 0.29) is 0 Å². The van der Waals surface area contributed by atoms with Crippen LogP contribution in [-0.4, -0.2) is 68.2 Å². The zero-order chi connectivity index (χ0) is 10.4. The third kappa shape index (κ3) is 4.13. The number of halogens is 1. The number of rotatable bonds is 5. The van der Waals surface area contributed by atoms with Crippen LogP contribution >= 0.6 is 11.6 Å². The van der Waals surface area contributed by atoms with E-state index in [1.165, 1.54) is 0 Å². The molecule has 0 saturated carbocycles. The summed E-state index contributed by atoms with van der Waals surface area (Å²) in [5.74, 6) is 0.705. The van der Waals surface area contributed by atoms with E-state index in [0.717, 1.165) is 39.3 Å². The first-order chi connectivity index (χ1) is 6.76. The van der Waals surface area contributed by atoms with E-state index in [1.54, 1.807) is 0 Å². The Kier molecular flexibility index (Phi) is 5.78. The summed E-state index contributed by atoms with van der Waals surface area (Å²) in [4.78, 5) is 4.67. The van der Waals surface area contributed by atoms with Gasteiger partial charge in [0.2, 0.25) is 0 Å². The summed E-state index contributed by atoms with van der Waals surface area (Å²) in [6, 6.07) is 0. The van der Waals surface area contributed by atoms with Crippen LogP contribution in [0.1, 0.15) is 6.92 Å². The molecule has 14 heavy (non-hydrogen) atoms. The van der Waals surface area contributed by atoms with Crippen molar-refractivity contribution in [2.75, 3.05) is 52.3 Å². The van der Waals surface area contributed by atoms with Crippen LogP contribution in [0, 0.1) is 0 Å². The molecular weight excluding hydrogens is 200 g/mol. The maximum Gasteiger partial charge on any atom is 0.0829 e. The molecule has 1 fully saturated rings. The van der Waals surface area contributed by atoms with Gasteiger partial charge in [0.05, 0.1) is 12.7 Å². The summed E-state index contributed by atoms with van der Waals surface area (Å²) in [7, 11) is 2.15. The summed E-state index contributed by atoms with van der Waals surface area (Å²) in [6.07, 6.45) is 0.358. The lowest BCUT2D eigenvalue weighted by Gasteiger charge is -2.33. The van der Waals surface area contributed by atoms with Crippen molar-refractivity contribution in [2.24, 2.45) is 0 Å². The zero-order valence-corrected chi connectivity index (χ0v) is 9.96. The summed E-state index contributed by atoms with van der Waals surface area (Å²) < 4.78 is 5.70. The first-order valence-electron chi connectivity index (χ1n) is 5.34. The monoisotopic (exact) mass is 220 g/mol. The maximum absolute atomic E-state index is 5.73. The normalized spacial score (nSPS) is 24.4. The van der Waals surface area contributed by atoms with Crippen LogP contribution in [0.5, 0.6) is 0 Å². The Balaban J connectivity index is 2.26. The first-order valence-corrected chi connectivity index (χ1v) is 5.88. The lowest BCUT2D eigenvalue weighted by atomic mass is 10.2. The van der Waals surface area contributed by atoms with Gasteiger partial charge in [-0.05, 0) is 13.6 Å². The van der Waals surface area contributed by atoms with Gasteiger partial charge >= 0.3 is 0 Å². The molecule has 0 N–H and O–H groups in total. The van der Waals surface area contributed by atoms with Crippen molar-refractivity contribution in [1.29, 1.82) is 0 Å². The average Bonchev–Trinajstić information content (AvgIpc) is 2.17. The van der Waals surface area contributed by atoms with Crippen LogP contribution in [0.2, 0.25) is 0 Å². The number of hydrogen-bond donors (Lipinski definition) is 0. The summed E-state index contributed by atoms with van der Waals surface area (Å²) in [5, 5.41) is 0. The molecule has 1 aliphatic heterocycles. The van der Waals surface area contributed by atoms with E-state index >= 15 is 0 Å². The quantitative estimate of drug-likeness (QED) is 0.640. The highest BCUT2D eigenvalue weighted by atomic mass is 35.5. The molecule has 1 heterocycles. The van der Waals surface area contributed by atoms with Crippen LogP contribution in [0.15, 0.2) is 0 Å². The molecule has 0 aromatic heterocycles. The molecule has 0 aromatic rings. The molecule has 1 atom stereocenters. The highest BCUT2D eigenvalue weighted by Crippen LogP contribution is 2.05. The van der Waals surface area contributed by atoms with Crippen molar-refractivity contribution in [3.63, 3.8) is 0 Å². The Morgan fingerprint density at radius 2 is 2.36 bits per heavy atom. The van der Waals surface area contributed by atoms with Gasteiger partial charge in [0, 0.05) is 32.1 Å². The molecule has 3 nitrogen and oxygen atoms in total. The number of ether oxygens (including phenoxy) is 1. The number of nitrogens with zero attached hydrogens (tertiary/aromatic N) is 2. The molecule has 1 unspecified atom stereocenters. The molecule has 0 aromatic carbocycles. The largest absolute Gasteiger partial charge is 0.374 e. The van der Waals surface area contributed by atoms with Crippen molar-refractivity contribution in [2.45, 2.75) is 13.0 Å². The van der Waals surface area contributed by atoms with Gasteiger partial charge in [-0.2, -0.15) is 0 Å². The predicted molar refractivity (Wildman–Crippen MR) is 60.1 cm³/mol. The summed E-state index contributed by atoms with van der Waals surface area (Å²) in [5.41, 5.74) is 0. The highest BCUT2D eigenvalue weighted by Gasteiger charge is 2.19. The molecule has 1 rings (SSSR count). The number of alkyl halides is 1. The van der Waals surface area contributed by atoms with Crippen molar-refractivity contribution in [3.05, 3.63) is 0 Å². The van der Waals surface area contributed by atoms with Gasteiger partial charge in [0.15, 0.2) is 0 Å². The Labute approximate surface area is 92.0 Å². The fraction of sp³-hybridized carbons (Fsp3) is 1.00. The first kappa shape index (κ1) is 12.2. The SMILES string of the molecule is CCN(CCCl)CC1CN(C)CCO1. The summed E-state index contributed by atoms with van der Waals surface area (Å²) in [6.45, 7) is 8.14. The second kappa shape index (κ2) is 6.62. The van der Waals surface area contributed by atoms with Gasteiger partial charge in [-0.25, -0.2) is 0 Å². The van der Waals surface area contributed by atoms with E-state index < -0.39 is 0 Å². The average molecular weight is 221 g/mol. The van der Waals surface area contributed by atoms with Gasteiger partial charge in [-0.3, -0.25) is 4.90 Å². The fourth-order valence-electron chi connectivity index (χ4n) is 1.76. The molecular formula is C10H21ClN2O. The lowest BCUT2D eigenvalue weighted by Crippen LogP contribution is -2.46. The minimum atomic E-state index is 0.358. The van der Waals surface area contributed by atoms with E-state index in [0.29, 0.717) is 12.0 Å². The molecule has 1 saturated heterocycles. The van der Waals surface area contributed by atoms with Crippen LogP contribution in [0.25, 0.3) is 0 Å². The van der Waals surface area contributed by atoms with Gasteiger partial charge in [-0.1, -0.05) is 6.92 Å². The molecule has 0 bridgehead atoms. The second-order valence-electron chi connectivity index (χ2n) is 3.84. The third-order valence-electron chi connectivity index (χ3n) is 2.65. The van der Waals surface area contributed by atoms with E-state index in [9.17, 15) is 0 Å². The van der Waals surface area contributed by atoms with Gasteiger partial charge < -0.3 is 9.64 Å². The van der Waals surface area contributed by atoms with Crippen LogP contribution in [0.3, 0.4) is 0 Å².